The molecule has 0 spiro atoms. The molecule has 5 heteroatoms. The highest BCUT2D eigenvalue weighted by Crippen LogP contribution is 2.49. The van der Waals surface area contributed by atoms with Gasteiger partial charge >= 0.3 is 5.97 Å². The second-order valence-corrected chi connectivity index (χ2v) is 15.0. The first-order chi connectivity index (χ1) is 13.0. The van der Waals surface area contributed by atoms with E-state index in [2.05, 4.69) is 77.0 Å². The van der Waals surface area contributed by atoms with Crippen LogP contribution in [0.1, 0.15) is 50.7 Å². The summed E-state index contributed by atoms with van der Waals surface area (Å²) in [7, 11) is 1.75. The molecule has 0 radical (unpaired) electrons. The van der Waals surface area contributed by atoms with Crippen molar-refractivity contribution in [2.75, 3.05) is 14.2 Å². The third-order valence-electron chi connectivity index (χ3n) is 7.49. The summed E-state index contributed by atoms with van der Waals surface area (Å²) >= 11 is 0. The average molecular weight is 404 g/mol. The lowest BCUT2D eigenvalue weighted by Crippen LogP contribution is -2.54. The molecule has 2 fully saturated rings. The van der Waals surface area contributed by atoms with Crippen LogP contribution in [0.25, 0.3) is 0 Å². The van der Waals surface area contributed by atoms with Crippen LogP contribution in [-0.2, 0) is 14.0 Å². The van der Waals surface area contributed by atoms with Gasteiger partial charge in [0, 0.05) is 18.0 Å². The van der Waals surface area contributed by atoms with Gasteiger partial charge in [-0.2, -0.15) is 0 Å². The van der Waals surface area contributed by atoms with Crippen molar-refractivity contribution in [2.45, 2.75) is 82.8 Å². The number of fused-ring (bicyclic) bond motifs is 2. The Morgan fingerprint density at radius 1 is 1.14 bits per heavy atom. The first kappa shape index (κ1) is 21.5. The number of aryl methyl sites for hydroxylation is 1. The molecule has 2 aliphatic heterocycles. The van der Waals surface area contributed by atoms with Crippen LogP contribution in [0.4, 0.5) is 0 Å². The number of carbonyl (C=O) groups is 1. The number of benzene rings is 1. The SMILES string of the molecule is COC(=O)[C@H]1[C@H]2[C@H](O[Si](C)(C)C(C)(C)C)C[C@@H](C[C@@H]1c1ccc(C)cc1)N2C. The van der Waals surface area contributed by atoms with Gasteiger partial charge in [0.15, 0.2) is 8.32 Å². The standard InChI is InChI=1S/C23H37NO3Si/c1-15-9-11-16(12-10-15)18-13-17-14-19(27-28(7,8)23(2,3)4)21(24(17)5)20(18)22(25)26-6/h9-12,17-21H,13-14H2,1-8H3/t17-,18-,19-,20-,21-/m1/s1. The molecule has 1 aromatic rings. The third kappa shape index (κ3) is 3.81. The average Bonchev–Trinajstić information content (AvgIpc) is 2.79. The molecule has 3 rings (SSSR count). The van der Waals surface area contributed by atoms with Gasteiger partial charge < -0.3 is 9.16 Å². The summed E-state index contributed by atoms with van der Waals surface area (Å²) in [5, 5.41) is 0.152. The van der Waals surface area contributed by atoms with Crippen LogP contribution >= 0.6 is 0 Å². The van der Waals surface area contributed by atoms with Crippen molar-refractivity contribution in [3.05, 3.63) is 35.4 Å². The highest BCUT2D eigenvalue weighted by molar-refractivity contribution is 6.74. The van der Waals surface area contributed by atoms with Gasteiger partial charge in [-0.15, -0.1) is 0 Å². The van der Waals surface area contributed by atoms with Crippen LogP contribution < -0.4 is 0 Å². The quantitative estimate of drug-likeness (QED) is 0.538. The first-order valence-corrected chi connectivity index (χ1v) is 13.4. The number of methoxy groups -OCH3 is 1. The van der Waals surface area contributed by atoms with Gasteiger partial charge in [-0.05, 0) is 50.5 Å². The summed E-state index contributed by atoms with van der Waals surface area (Å²) in [5.41, 5.74) is 2.49. The van der Waals surface area contributed by atoms with Crippen molar-refractivity contribution in [1.82, 2.24) is 4.90 Å². The summed E-state index contributed by atoms with van der Waals surface area (Å²) < 4.78 is 12.2. The summed E-state index contributed by atoms with van der Waals surface area (Å²) in [6.07, 6.45) is 2.08. The van der Waals surface area contributed by atoms with E-state index in [0.29, 0.717) is 6.04 Å². The Hall–Kier alpha value is -1.17. The molecule has 1 aromatic carbocycles. The molecular formula is C23H37NO3Si. The van der Waals surface area contributed by atoms with Gasteiger partial charge in [-0.1, -0.05) is 50.6 Å². The Labute approximate surface area is 171 Å². The Kier molecular flexibility index (Phi) is 5.83. The molecule has 2 aliphatic rings. The van der Waals surface area contributed by atoms with Crippen LogP contribution in [0.3, 0.4) is 0 Å². The van der Waals surface area contributed by atoms with Crippen molar-refractivity contribution in [3.8, 4) is 0 Å². The second kappa shape index (κ2) is 7.58. The monoisotopic (exact) mass is 403 g/mol. The largest absolute Gasteiger partial charge is 0.469 e. The molecule has 0 aliphatic carbocycles. The number of hydrogen-bond donors (Lipinski definition) is 0. The predicted octanol–water partition coefficient (Wildman–Crippen LogP) is 4.73. The number of piperidine rings is 1. The Morgan fingerprint density at radius 2 is 1.75 bits per heavy atom. The van der Waals surface area contributed by atoms with Crippen molar-refractivity contribution >= 4 is 14.3 Å². The first-order valence-electron chi connectivity index (χ1n) is 10.5. The summed E-state index contributed by atoms with van der Waals surface area (Å²) in [6, 6.07) is 9.19. The fraction of sp³-hybridized carbons (Fsp3) is 0.696. The zero-order valence-corrected chi connectivity index (χ0v) is 19.8. The predicted molar refractivity (Wildman–Crippen MR) is 116 cm³/mol. The van der Waals surface area contributed by atoms with Gasteiger partial charge in [0.25, 0.3) is 0 Å². The number of nitrogens with zero attached hydrogens (tertiary/aromatic N) is 1. The number of likely N-dealkylation sites (N-methyl/N-ethyl adjacent to an activating group) is 1. The molecule has 0 saturated carbocycles. The minimum absolute atomic E-state index is 0.0756. The zero-order valence-electron chi connectivity index (χ0n) is 18.8. The van der Waals surface area contributed by atoms with Gasteiger partial charge in [-0.3, -0.25) is 9.69 Å². The Bertz CT molecular complexity index is 710. The molecule has 0 amide bonds. The number of esters is 1. The molecule has 2 bridgehead atoms. The maximum atomic E-state index is 13.0. The maximum Gasteiger partial charge on any atom is 0.310 e. The topological polar surface area (TPSA) is 38.8 Å². The van der Waals surface area contributed by atoms with E-state index in [4.69, 9.17) is 9.16 Å². The van der Waals surface area contributed by atoms with Crippen molar-refractivity contribution < 1.29 is 14.0 Å². The van der Waals surface area contributed by atoms with Crippen LogP contribution in [0, 0.1) is 12.8 Å². The normalized spacial score (nSPS) is 31.1. The van der Waals surface area contributed by atoms with Crippen LogP contribution in [0.5, 0.6) is 0 Å². The molecule has 5 atom stereocenters. The third-order valence-corrected chi connectivity index (χ3v) is 12.0. The minimum Gasteiger partial charge on any atom is -0.469 e. The van der Waals surface area contributed by atoms with Gasteiger partial charge in [-0.25, -0.2) is 0 Å². The molecule has 28 heavy (non-hydrogen) atoms. The Morgan fingerprint density at radius 3 is 2.29 bits per heavy atom. The van der Waals surface area contributed by atoms with Crippen LogP contribution in [-0.4, -0.2) is 51.5 Å². The van der Waals surface area contributed by atoms with E-state index in [9.17, 15) is 4.79 Å². The fourth-order valence-electron chi connectivity index (χ4n) is 4.77. The van der Waals surface area contributed by atoms with Crippen LogP contribution in [0.15, 0.2) is 24.3 Å². The Balaban J connectivity index is 1.95. The maximum absolute atomic E-state index is 13.0. The zero-order chi connectivity index (χ0) is 20.9. The molecule has 4 nitrogen and oxygen atoms in total. The van der Waals surface area contributed by atoms with E-state index >= 15 is 0 Å². The van der Waals surface area contributed by atoms with E-state index < -0.39 is 8.32 Å². The van der Waals surface area contributed by atoms with Gasteiger partial charge in [0.2, 0.25) is 0 Å². The molecule has 2 heterocycles. The van der Waals surface area contributed by atoms with E-state index in [1.807, 2.05) is 0 Å². The number of ether oxygens (including phenoxy) is 1. The van der Waals surface area contributed by atoms with E-state index in [-0.39, 0.29) is 35.0 Å². The van der Waals surface area contributed by atoms with Crippen LogP contribution in [0.2, 0.25) is 18.1 Å². The molecule has 0 aromatic heterocycles. The molecule has 156 valence electrons. The number of rotatable bonds is 4. The minimum atomic E-state index is -1.92. The number of hydrogen-bond acceptors (Lipinski definition) is 4. The van der Waals surface area contributed by atoms with Crippen molar-refractivity contribution in [3.63, 3.8) is 0 Å². The molecular weight excluding hydrogens is 366 g/mol. The summed E-state index contributed by atoms with van der Waals surface area (Å²) in [5.74, 6) is -0.106. The highest BCUT2D eigenvalue weighted by atomic mass is 28.4. The van der Waals surface area contributed by atoms with Gasteiger partial charge in [0.1, 0.15) is 0 Å². The smallest absolute Gasteiger partial charge is 0.310 e. The molecule has 2 saturated heterocycles. The lowest BCUT2D eigenvalue weighted by Gasteiger charge is -2.44. The van der Waals surface area contributed by atoms with Crippen molar-refractivity contribution in [1.29, 1.82) is 0 Å². The lowest BCUT2D eigenvalue weighted by molar-refractivity contribution is -0.151. The second-order valence-electron chi connectivity index (χ2n) is 10.3. The van der Waals surface area contributed by atoms with E-state index in [1.165, 1.54) is 18.2 Å². The molecule has 0 N–H and O–H groups in total. The lowest BCUT2D eigenvalue weighted by atomic mass is 9.76. The summed E-state index contributed by atoms with van der Waals surface area (Å²) in [4.78, 5) is 15.4. The van der Waals surface area contributed by atoms with Gasteiger partial charge in [0.05, 0.1) is 19.1 Å². The number of carbonyl (C=O) groups excluding carboxylic acids is 1. The van der Waals surface area contributed by atoms with Crippen molar-refractivity contribution in [2.24, 2.45) is 5.92 Å². The molecule has 0 unspecified atom stereocenters. The highest BCUT2D eigenvalue weighted by Gasteiger charge is 2.56. The van der Waals surface area contributed by atoms with E-state index in [1.54, 1.807) is 0 Å². The van der Waals surface area contributed by atoms with E-state index in [0.717, 1.165) is 12.8 Å². The summed E-state index contributed by atoms with van der Waals surface area (Å²) in [6.45, 7) is 13.5. The fourth-order valence-corrected chi connectivity index (χ4v) is 6.12.